The highest BCUT2D eigenvalue weighted by Crippen LogP contribution is 2.21. The summed E-state index contributed by atoms with van der Waals surface area (Å²) in [6, 6.07) is 9.68. The van der Waals surface area contributed by atoms with Crippen molar-refractivity contribution < 1.29 is 17.6 Å². The number of nitrogens with one attached hydrogen (secondary N) is 2. The van der Waals surface area contributed by atoms with E-state index in [2.05, 4.69) is 19.9 Å². The van der Waals surface area contributed by atoms with Crippen molar-refractivity contribution in [3.05, 3.63) is 70.5 Å². The first-order chi connectivity index (χ1) is 15.8. The van der Waals surface area contributed by atoms with Crippen molar-refractivity contribution in [2.24, 2.45) is 0 Å². The predicted molar refractivity (Wildman–Crippen MR) is 128 cm³/mol. The summed E-state index contributed by atoms with van der Waals surface area (Å²) < 4.78 is 41.0. The third-order valence-electron chi connectivity index (χ3n) is 5.45. The summed E-state index contributed by atoms with van der Waals surface area (Å²) in [4.78, 5) is 19.4. The molecule has 7 nitrogen and oxygen atoms in total. The van der Waals surface area contributed by atoms with Crippen molar-refractivity contribution in [1.82, 2.24) is 9.88 Å². The number of aryl methyl sites for hydroxylation is 1. The molecule has 2 N–H and O–H groups in total. The number of benzene rings is 2. The Morgan fingerprint density at radius 1 is 1.12 bits per heavy atom. The average molecular weight is 489 g/mol. The minimum Gasteiger partial charge on any atom is -0.298 e. The maximum atomic E-state index is 13.4. The zero-order chi connectivity index (χ0) is 23.4. The van der Waals surface area contributed by atoms with Gasteiger partial charge in [-0.15, -0.1) is 11.3 Å². The highest BCUT2D eigenvalue weighted by molar-refractivity contribution is 7.92. The first-order valence-electron chi connectivity index (χ1n) is 10.7. The van der Waals surface area contributed by atoms with Crippen LogP contribution in [0.25, 0.3) is 0 Å². The molecule has 0 atom stereocenters. The third kappa shape index (κ3) is 5.95. The van der Waals surface area contributed by atoms with Gasteiger partial charge in [0.25, 0.3) is 15.9 Å². The Morgan fingerprint density at radius 2 is 1.85 bits per heavy atom. The molecule has 0 saturated carbocycles. The maximum absolute atomic E-state index is 13.4. The van der Waals surface area contributed by atoms with Crippen LogP contribution in [0.3, 0.4) is 0 Å². The number of piperidine rings is 1. The predicted octanol–water partition coefficient (Wildman–Crippen LogP) is 4.63. The van der Waals surface area contributed by atoms with E-state index in [0.29, 0.717) is 16.4 Å². The lowest BCUT2D eigenvalue weighted by molar-refractivity contribution is 0.102. The fraction of sp³-hybridized carbons (Fsp3) is 0.304. The molecule has 0 aliphatic carbocycles. The van der Waals surface area contributed by atoms with Crippen molar-refractivity contribution in [3.8, 4) is 0 Å². The molecule has 0 spiro atoms. The lowest BCUT2D eigenvalue weighted by Gasteiger charge is -2.25. The molecule has 1 aliphatic rings. The fourth-order valence-electron chi connectivity index (χ4n) is 3.64. The smallest absolute Gasteiger partial charge is 0.261 e. The molecule has 1 aromatic heterocycles. The van der Waals surface area contributed by atoms with Crippen LogP contribution < -0.4 is 10.0 Å². The zero-order valence-corrected chi connectivity index (χ0v) is 19.8. The molecule has 33 heavy (non-hydrogen) atoms. The number of aromatic nitrogens is 1. The van der Waals surface area contributed by atoms with Crippen LogP contribution in [0.2, 0.25) is 0 Å². The first kappa shape index (κ1) is 23.3. The summed E-state index contributed by atoms with van der Waals surface area (Å²) in [5.41, 5.74) is 1.86. The van der Waals surface area contributed by atoms with E-state index >= 15 is 0 Å². The normalized spacial score (nSPS) is 14.7. The largest absolute Gasteiger partial charge is 0.298 e. The molecule has 0 bridgehead atoms. The molecule has 0 unspecified atom stereocenters. The van der Waals surface area contributed by atoms with Gasteiger partial charge in [-0.2, -0.15) is 0 Å². The number of anilines is 2. The molecule has 2 aromatic carbocycles. The van der Waals surface area contributed by atoms with Gasteiger partial charge in [0.15, 0.2) is 5.13 Å². The summed E-state index contributed by atoms with van der Waals surface area (Å²) in [5, 5.41) is 5.29. The highest BCUT2D eigenvalue weighted by atomic mass is 32.2. The first-order valence-corrected chi connectivity index (χ1v) is 13.0. The minimum absolute atomic E-state index is 0.0349. The lowest BCUT2D eigenvalue weighted by Crippen LogP contribution is -2.29. The van der Waals surface area contributed by atoms with Crippen LogP contribution in [-0.2, 0) is 16.6 Å². The molecule has 10 heteroatoms. The number of likely N-dealkylation sites (tertiary alicyclic amines) is 1. The van der Waals surface area contributed by atoms with Crippen LogP contribution in [0.5, 0.6) is 0 Å². The molecule has 1 fully saturated rings. The number of amides is 1. The van der Waals surface area contributed by atoms with E-state index in [1.807, 2.05) is 5.38 Å². The number of nitrogens with zero attached hydrogens (tertiary/aromatic N) is 2. The SMILES string of the molecule is Cc1cc(S(=O)(=O)Nc2ccc(C(=O)Nc3nc(CN4CCCCC4)cs3)cc2)ccc1F. The van der Waals surface area contributed by atoms with E-state index in [-0.39, 0.29) is 16.4 Å². The van der Waals surface area contributed by atoms with Gasteiger partial charge in [-0.1, -0.05) is 6.42 Å². The molecule has 1 aliphatic heterocycles. The molecule has 2 heterocycles. The number of carbonyl (C=O) groups excluding carboxylic acids is 1. The van der Waals surface area contributed by atoms with Gasteiger partial charge in [-0.25, -0.2) is 17.8 Å². The molecule has 3 aromatic rings. The maximum Gasteiger partial charge on any atom is 0.261 e. The number of thiazole rings is 1. The Labute approximate surface area is 196 Å². The van der Waals surface area contributed by atoms with Gasteiger partial charge < -0.3 is 0 Å². The second-order valence-corrected chi connectivity index (χ2v) is 10.6. The summed E-state index contributed by atoms with van der Waals surface area (Å²) in [6.07, 6.45) is 3.70. The van der Waals surface area contributed by atoms with Gasteiger partial charge >= 0.3 is 0 Å². The Bertz CT molecular complexity index is 1240. The second kappa shape index (κ2) is 9.98. The van der Waals surface area contributed by atoms with Crippen LogP contribution >= 0.6 is 11.3 Å². The van der Waals surface area contributed by atoms with E-state index in [1.54, 1.807) is 0 Å². The van der Waals surface area contributed by atoms with E-state index in [1.165, 1.54) is 73.9 Å². The van der Waals surface area contributed by atoms with Crippen LogP contribution in [0.15, 0.2) is 52.7 Å². The van der Waals surface area contributed by atoms with Crippen LogP contribution in [0.4, 0.5) is 15.2 Å². The molecular weight excluding hydrogens is 463 g/mol. The van der Waals surface area contributed by atoms with Gasteiger partial charge in [0, 0.05) is 23.2 Å². The fourth-order valence-corrected chi connectivity index (χ4v) is 5.48. The van der Waals surface area contributed by atoms with E-state index < -0.39 is 15.8 Å². The number of hydrogen-bond acceptors (Lipinski definition) is 6. The third-order valence-corrected chi connectivity index (χ3v) is 7.63. The standard InChI is InChI=1S/C23H25FN4O3S2/c1-16-13-20(9-10-21(16)24)33(30,31)27-18-7-5-17(6-8-18)22(29)26-23-25-19(15-32-23)14-28-11-3-2-4-12-28/h5-10,13,15,27H,2-4,11-12,14H2,1H3,(H,25,26,29). The van der Waals surface area contributed by atoms with Gasteiger partial charge in [0.1, 0.15) is 5.82 Å². The van der Waals surface area contributed by atoms with E-state index in [4.69, 9.17) is 0 Å². The molecule has 4 rings (SSSR count). The number of hydrogen-bond donors (Lipinski definition) is 2. The second-order valence-electron chi connectivity index (χ2n) is 8.03. The van der Waals surface area contributed by atoms with Gasteiger partial charge in [-0.3, -0.25) is 19.7 Å². The van der Waals surface area contributed by atoms with E-state index in [0.717, 1.165) is 31.4 Å². The summed E-state index contributed by atoms with van der Waals surface area (Å²) in [5.74, 6) is -0.791. The quantitative estimate of drug-likeness (QED) is 0.506. The van der Waals surface area contributed by atoms with Gasteiger partial charge in [0.2, 0.25) is 0 Å². The topological polar surface area (TPSA) is 91.4 Å². The van der Waals surface area contributed by atoms with Gasteiger partial charge in [0.05, 0.1) is 10.6 Å². The van der Waals surface area contributed by atoms with Crippen LogP contribution in [0, 0.1) is 12.7 Å². The monoisotopic (exact) mass is 488 g/mol. The zero-order valence-electron chi connectivity index (χ0n) is 18.2. The molecule has 0 radical (unpaired) electrons. The minimum atomic E-state index is -3.87. The molecule has 174 valence electrons. The molecule has 1 saturated heterocycles. The summed E-state index contributed by atoms with van der Waals surface area (Å²) in [6.45, 7) is 4.45. The molecular formula is C23H25FN4O3S2. The number of sulfonamides is 1. The van der Waals surface area contributed by atoms with Gasteiger partial charge in [-0.05, 0) is 80.9 Å². The van der Waals surface area contributed by atoms with E-state index in [9.17, 15) is 17.6 Å². The number of carbonyl (C=O) groups is 1. The lowest BCUT2D eigenvalue weighted by atomic mass is 10.1. The summed E-state index contributed by atoms with van der Waals surface area (Å²) >= 11 is 1.38. The van der Waals surface area contributed by atoms with Crippen molar-refractivity contribution in [3.63, 3.8) is 0 Å². The van der Waals surface area contributed by atoms with Crippen LogP contribution in [-0.4, -0.2) is 37.3 Å². The Morgan fingerprint density at radius 3 is 2.55 bits per heavy atom. The van der Waals surface area contributed by atoms with Crippen LogP contribution in [0.1, 0.15) is 40.9 Å². The Balaban J connectivity index is 1.36. The number of halogens is 1. The van der Waals surface area contributed by atoms with Crippen molar-refractivity contribution >= 4 is 38.1 Å². The van der Waals surface area contributed by atoms with Crippen molar-refractivity contribution in [1.29, 1.82) is 0 Å². The van der Waals surface area contributed by atoms with Crippen molar-refractivity contribution in [2.75, 3.05) is 23.1 Å². The Hall–Kier alpha value is -2.82. The molecule has 1 amide bonds. The average Bonchev–Trinajstić information content (AvgIpc) is 3.23. The summed E-state index contributed by atoms with van der Waals surface area (Å²) in [7, 11) is -3.87. The van der Waals surface area contributed by atoms with Crippen molar-refractivity contribution in [2.45, 2.75) is 37.6 Å². The Kier molecular flexibility index (Phi) is 7.06. The highest BCUT2D eigenvalue weighted by Gasteiger charge is 2.17. The number of rotatable bonds is 7.